The first-order valence-electron chi connectivity index (χ1n) is 6.60. The highest BCUT2D eigenvalue weighted by atomic mass is 16.5. The van der Waals surface area contributed by atoms with Crippen LogP contribution < -0.4 is 5.73 Å². The average molecular weight is 264 g/mol. The fraction of sp³-hybridized carbons (Fsp3) is 0.615. The summed E-state index contributed by atoms with van der Waals surface area (Å²) in [4.78, 5) is 22.1. The van der Waals surface area contributed by atoms with Crippen molar-refractivity contribution < 1.29 is 9.53 Å². The second-order valence-electron chi connectivity index (χ2n) is 4.72. The third kappa shape index (κ3) is 4.25. The molecule has 1 saturated heterocycles. The number of aromatic nitrogens is 2. The van der Waals surface area contributed by atoms with Gasteiger partial charge in [0.15, 0.2) is 0 Å². The first-order chi connectivity index (χ1) is 9.29. The van der Waals surface area contributed by atoms with Crippen LogP contribution in [0.3, 0.4) is 0 Å². The SMILES string of the molecule is NCCC(=O)N1CCOCC(Cc2cnccn2)C1. The summed E-state index contributed by atoms with van der Waals surface area (Å²) in [6, 6.07) is 0. The van der Waals surface area contributed by atoms with E-state index in [1.54, 1.807) is 18.6 Å². The van der Waals surface area contributed by atoms with Gasteiger partial charge in [-0.25, -0.2) is 0 Å². The number of nitrogens with zero attached hydrogens (tertiary/aromatic N) is 3. The highest BCUT2D eigenvalue weighted by Gasteiger charge is 2.22. The van der Waals surface area contributed by atoms with Gasteiger partial charge in [-0.1, -0.05) is 0 Å². The molecule has 1 fully saturated rings. The highest BCUT2D eigenvalue weighted by molar-refractivity contribution is 5.76. The van der Waals surface area contributed by atoms with Gasteiger partial charge in [0.2, 0.25) is 5.91 Å². The number of carbonyl (C=O) groups is 1. The maximum atomic E-state index is 11.9. The Morgan fingerprint density at radius 2 is 2.42 bits per heavy atom. The Hall–Kier alpha value is -1.53. The third-order valence-electron chi connectivity index (χ3n) is 3.16. The summed E-state index contributed by atoms with van der Waals surface area (Å²) >= 11 is 0. The maximum Gasteiger partial charge on any atom is 0.223 e. The Bertz CT molecular complexity index is 399. The molecule has 0 saturated carbocycles. The number of amides is 1. The summed E-state index contributed by atoms with van der Waals surface area (Å²) in [6.45, 7) is 2.99. The number of nitrogens with two attached hydrogens (primary N) is 1. The van der Waals surface area contributed by atoms with Gasteiger partial charge in [0.1, 0.15) is 0 Å². The van der Waals surface area contributed by atoms with Crippen LogP contribution in [0.4, 0.5) is 0 Å². The van der Waals surface area contributed by atoms with Gasteiger partial charge in [0.25, 0.3) is 0 Å². The van der Waals surface area contributed by atoms with Gasteiger partial charge in [-0.3, -0.25) is 14.8 Å². The maximum absolute atomic E-state index is 11.9. The van der Waals surface area contributed by atoms with E-state index < -0.39 is 0 Å². The Labute approximate surface area is 113 Å². The van der Waals surface area contributed by atoms with E-state index in [0.29, 0.717) is 39.3 Å². The zero-order chi connectivity index (χ0) is 13.5. The number of rotatable bonds is 4. The molecule has 1 unspecified atom stereocenters. The number of hydrogen-bond acceptors (Lipinski definition) is 5. The van der Waals surface area contributed by atoms with Crippen molar-refractivity contribution in [2.24, 2.45) is 11.7 Å². The standard InChI is InChI=1S/C13H20N4O2/c14-2-1-13(18)17-5-6-19-10-11(9-17)7-12-8-15-3-4-16-12/h3-4,8,11H,1-2,5-7,9-10,14H2. The smallest absolute Gasteiger partial charge is 0.223 e. The molecule has 2 heterocycles. The van der Waals surface area contributed by atoms with E-state index in [0.717, 1.165) is 12.1 Å². The van der Waals surface area contributed by atoms with Crippen LogP contribution in [0, 0.1) is 5.92 Å². The van der Waals surface area contributed by atoms with E-state index in [9.17, 15) is 4.79 Å². The molecule has 1 atom stereocenters. The van der Waals surface area contributed by atoms with Crippen LogP contribution >= 0.6 is 0 Å². The fourth-order valence-corrected chi connectivity index (χ4v) is 2.24. The molecule has 6 heteroatoms. The van der Waals surface area contributed by atoms with Crippen molar-refractivity contribution in [2.45, 2.75) is 12.8 Å². The fourth-order valence-electron chi connectivity index (χ4n) is 2.24. The molecule has 1 aromatic heterocycles. The Kier molecular flexibility index (Phi) is 5.23. The number of ether oxygens (including phenoxy) is 1. The predicted molar refractivity (Wildman–Crippen MR) is 70.3 cm³/mol. The lowest BCUT2D eigenvalue weighted by molar-refractivity contribution is -0.131. The molecule has 1 aliphatic heterocycles. The number of carbonyl (C=O) groups excluding carboxylic acids is 1. The van der Waals surface area contributed by atoms with E-state index in [2.05, 4.69) is 9.97 Å². The normalized spacial score (nSPS) is 20.1. The van der Waals surface area contributed by atoms with E-state index in [1.807, 2.05) is 4.90 Å². The monoisotopic (exact) mass is 264 g/mol. The molecule has 6 nitrogen and oxygen atoms in total. The van der Waals surface area contributed by atoms with Crippen molar-refractivity contribution in [1.82, 2.24) is 14.9 Å². The van der Waals surface area contributed by atoms with Gasteiger partial charge in [0.05, 0.1) is 18.9 Å². The summed E-state index contributed by atoms with van der Waals surface area (Å²) in [7, 11) is 0. The van der Waals surface area contributed by atoms with Gasteiger partial charge < -0.3 is 15.4 Å². The van der Waals surface area contributed by atoms with Gasteiger partial charge in [-0.05, 0) is 6.42 Å². The van der Waals surface area contributed by atoms with Crippen LogP contribution in [0.25, 0.3) is 0 Å². The summed E-state index contributed by atoms with van der Waals surface area (Å²) < 4.78 is 5.56. The average Bonchev–Trinajstić information content (AvgIpc) is 2.66. The van der Waals surface area contributed by atoms with Gasteiger partial charge >= 0.3 is 0 Å². The molecular weight excluding hydrogens is 244 g/mol. The molecule has 0 aromatic carbocycles. The van der Waals surface area contributed by atoms with E-state index >= 15 is 0 Å². The second-order valence-corrected chi connectivity index (χ2v) is 4.72. The minimum Gasteiger partial charge on any atom is -0.379 e. The minimum absolute atomic E-state index is 0.108. The summed E-state index contributed by atoms with van der Waals surface area (Å²) in [5.41, 5.74) is 6.37. The molecule has 1 aromatic rings. The van der Waals surface area contributed by atoms with E-state index in [4.69, 9.17) is 10.5 Å². The van der Waals surface area contributed by atoms with Crippen LogP contribution in [0.15, 0.2) is 18.6 Å². The molecule has 0 radical (unpaired) electrons. The molecule has 0 aliphatic carbocycles. The van der Waals surface area contributed by atoms with E-state index in [1.165, 1.54) is 0 Å². The molecule has 1 amide bonds. The number of hydrogen-bond donors (Lipinski definition) is 1. The molecule has 0 bridgehead atoms. The largest absolute Gasteiger partial charge is 0.379 e. The Morgan fingerprint density at radius 3 is 3.16 bits per heavy atom. The first-order valence-corrected chi connectivity index (χ1v) is 6.60. The predicted octanol–water partition coefficient (Wildman–Crippen LogP) is -0.157. The van der Waals surface area contributed by atoms with Crippen LogP contribution in [0.5, 0.6) is 0 Å². The zero-order valence-corrected chi connectivity index (χ0v) is 11.0. The lowest BCUT2D eigenvalue weighted by Crippen LogP contribution is -2.37. The summed E-state index contributed by atoms with van der Waals surface area (Å²) in [5, 5.41) is 0. The van der Waals surface area contributed by atoms with Crippen LogP contribution in [-0.2, 0) is 16.0 Å². The van der Waals surface area contributed by atoms with Crippen molar-refractivity contribution in [2.75, 3.05) is 32.8 Å². The van der Waals surface area contributed by atoms with Crippen LogP contribution in [0.1, 0.15) is 12.1 Å². The van der Waals surface area contributed by atoms with Crippen molar-refractivity contribution in [3.63, 3.8) is 0 Å². The molecule has 0 spiro atoms. The molecule has 2 N–H and O–H groups in total. The summed E-state index contributed by atoms with van der Waals surface area (Å²) in [6.07, 6.45) is 6.28. The quantitative estimate of drug-likeness (QED) is 0.817. The van der Waals surface area contributed by atoms with E-state index in [-0.39, 0.29) is 11.8 Å². The second kappa shape index (κ2) is 7.16. The molecule has 104 valence electrons. The van der Waals surface area contributed by atoms with Gasteiger partial charge in [-0.15, -0.1) is 0 Å². The molecule has 19 heavy (non-hydrogen) atoms. The molecular formula is C13H20N4O2. The minimum atomic E-state index is 0.108. The van der Waals surface area contributed by atoms with Crippen molar-refractivity contribution >= 4 is 5.91 Å². The van der Waals surface area contributed by atoms with Crippen molar-refractivity contribution in [3.8, 4) is 0 Å². The highest BCUT2D eigenvalue weighted by Crippen LogP contribution is 2.12. The lowest BCUT2D eigenvalue weighted by Gasteiger charge is -2.23. The summed E-state index contributed by atoms with van der Waals surface area (Å²) in [5.74, 6) is 0.373. The zero-order valence-electron chi connectivity index (χ0n) is 11.0. The Balaban J connectivity index is 1.94. The first kappa shape index (κ1) is 13.9. The Morgan fingerprint density at radius 1 is 1.53 bits per heavy atom. The molecule has 1 aliphatic rings. The third-order valence-corrected chi connectivity index (χ3v) is 3.16. The van der Waals surface area contributed by atoms with Gasteiger partial charge in [-0.2, -0.15) is 0 Å². The van der Waals surface area contributed by atoms with Crippen LogP contribution in [-0.4, -0.2) is 53.6 Å². The van der Waals surface area contributed by atoms with Crippen LogP contribution in [0.2, 0.25) is 0 Å². The van der Waals surface area contributed by atoms with Crippen molar-refractivity contribution in [1.29, 1.82) is 0 Å². The lowest BCUT2D eigenvalue weighted by atomic mass is 10.0. The van der Waals surface area contributed by atoms with Crippen molar-refractivity contribution in [3.05, 3.63) is 24.3 Å². The molecule has 2 rings (SSSR count). The topological polar surface area (TPSA) is 81.3 Å². The van der Waals surface area contributed by atoms with Gasteiger partial charge in [0, 0.05) is 50.6 Å².